The van der Waals surface area contributed by atoms with E-state index < -0.39 is 0 Å². The number of nitrogens with zero attached hydrogens (tertiary/aromatic N) is 1. The van der Waals surface area contributed by atoms with Crippen LogP contribution in [0.15, 0.2) is 0 Å². The lowest BCUT2D eigenvalue weighted by molar-refractivity contribution is 0.301. The first-order valence-electron chi connectivity index (χ1n) is 4.33. The van der Waals surface area contributed by atoms with Crippen LogP contribution in [0.25, 0.3) is 0 Å². The Hall–Kier alpha value is 0.270. The number of nitrogens with one attached hydrogen (secondary N) is 1. The average molecular weight is 176 g/mol. The Kier molecular flexibility index (Phi) is 8.57. The summed E-state index contributed by atoms with van der Waals surface area (Å²) in [4.78, 5) is 2.45. The molecule has 0 radical (unpaired) electrons. The molecule has 0 atom stereocenters. The Bertz CT molecular complexity index is 74.5. The van der Waals surface area contributed by atoms with Crippen LogP contribution >= 0.6 is 11.9 Å². The molecule has 0 aliphatic heterocycles. The molecular weight excluding hydrogens is 156 g/mol. The number of rotatable bonds is 7. The minimum absolute atomic E-state index is 1.12. The molecule has 0 aromatic heterocycles. The molecule has 3 heteroatoms. The zero-order chi connectivity index (χ0) is 8.53. The molecule has 0 aliphatic rings. The van der Waals surface area contributed by atoms with Gasteiger partial charge in [-0.25, -0.2) is 0 Å². The van der Waals surface area contributed by atoms with Crippen LogP contribution in [-0.2, 0) is 0 Å². The second kappa shape index (κ2) is 8.37. The Morgan fingerprint density at radius 1 is 1.27 bits per heavy atom. The molecule has 0 saturated heterocycles. The highest BCUT2D eigenvalue weighted by Crippen LogP contribution is 1.90. The van der Waals surface area contributed by atoms with Crippen molar-refractivity contribution in [2.24, 2.45) is 0 Å². The van der Waals surface area contributed by atoms with Crippen molar-refractivity contribution in [2.45, 2.75) is 20.3 Å². The molecule has 1 N–H and O–H groups in total. The molecule has 0 saturated carbocycles. The molecule has 0 unspecified atom stereocenters. The monoisotopic (exact) mass is 176 g/mol. The van der Waals surface area contributed by atoms with Crippen LogP contribution in [0.2, 0.25) is 0 Å². The molecule has 0 aliphatic carbocycles. The summed E-state index contributed by atoms with van der Waals surface area (Å²) < 4.78 is 3.24. The van der Waals surface area contributed by atoms with Gasteiger partial charge in [0.15, 0.2) is 0 Å². The fourth-order valence-electron chi connectivity index (χ4n) is 1.02. The molecule has 0 spiro atoms. The predicted molar refractivity (Wildman–Crippen MR) is 53.9 cm³/mol. The fraction of sp³-hybridized carbons (Fsp3) is 1.00. The lowest BCUT2D eigenvalue weighted by Gasteiger charge is -2.17. The van der Waals surface area contributed by atoms with E-state index in [0.29, 0.717) is 0 Å². The Balaban J connectivity index is 3.07. The lowest BCUT2D eigenvalue weighted by Crippen LogP contribution is -2.25. The van der Waals surface area contributed by atoms with Gasteiger partial charge in [0, 0.05) is 6.54 Å². The third kappa shape index (κ3) is 6.66. The van der Waals surface area contributed by atoms with Gasteiger partial charge in [-0.05, 0) is 32.3 Å². The van der Waals surface area contributed by atoms with Crippen LogP contribution in [0, 0.1) is 0 Å². The lowest BCUT2D eigenvalue weighted by atomic mass is 10.4. The van der Waals surface area contributed by atoms with Gasteiger partial charge < -0.3 is 4.90 Å². The first-order chi connectivity index (χ1) is 5.35. The molecule has 0 fully saturated rings. The van der Waals surface area contributed by atoms with Gasteiger partial charge in [-0.2, -0.15) is 0 Å². The van der Waals surface area contributed by atoms with Gasteiger partial charge in [-0.3, -0.25) is 4.72 Å². The summed E-state index contributed by atoms with van der Waals surface area (Å²) in [6, 6.07) is 0. The molecule has 2 nitrogen and oxygen atoms in total. The Labute approximate surface area is 74.9 Å². The van der Waals surface area contributed by atoms with E-state index in [-0.39, 0.29) is 0 Å². The van der Waals surface area contributed by atoms with E-state index in [1.807, 2.05) is 0 Å². The van der Waals surface area contributed by atoms with Crippen LogP contribution < -0.4 is 4.72 Å². The summed E-state index contributed by atoms with van der Waals surface area (Å²) in [5.41, 5.74) is 0. The topological polar surface area (TPSA) is 15.3 Å². The summed E-state index contributed by atoms with van der Waals surface area (Å²) in [6.07, 6.45) is 3.32. The maximum absolute atomic E-state index is 3.24. The van der Waals surface area contributed by atoms with Crippen molar-refractivity contribution < 1.29 is 0 Å². The van der Waals surface area contributed by atoms with Crippen molar-refractivity contribution in [3.63, 3.8) is 0 Å². The van der Waals surface area contributed by atoms with Crippen molar-refractivity contribution in [3.8, 4) is 0 Å². The second-order valence-corrected chi connectivity index (χ2v) is 3.18. The third-order valence-corrected chi connectivity index (χ3v) is 2.28. The van der Waals surface area contributed by atoms with E-state index in [2.05, 4.69) is 29.7 Å². The fourth-order valence-corrected chi connectivity index (χ4v) is 1.37. The van der Waals surface area contributed by atoms with Crippen LogP contribution in [0.4, 0.5) is 0 Å². The minimum Gasteiger partial charge on any atom is -0.304 e. The highest BCUT2D eigenvalue weighted by Gasteiger charge is 1.96. The maximum Gasteiger partial charge on any atom is 0.00705 e. The van der Waals surface area contributed by atoms with Gasteiger partial charge in [0.1, 0.15) is 0 Å². The van der Waals surface area contributed by atoms with Crippen LogP contribution in [-0.4, -0.2) is 37.3 Å². The van der Waals surface area contributed by atoms with Crippen LogP contribution in [0.5, 0.6) is 0 Å². The average Bonchev–Trinajstić information content (AvgIpc) is 2.05. The number of hydrogen-bond acceptors (Lipinski definition) is 3. The molecule has 0 bridgehead atoms. The van der Waals surface area contributed by atoms with Crippen molar-refractivity contribution >= 4 is 11.9 Å². The van der Waals surface area contributed by atoms with E-state index in [1.165, 1.54) is 26.1 Å². The van der Waals surface area contributed by atoms with E-state index >= 15 is 0 Å². The predicted octanol–water partition coefficient (Wildman–Crippen LogP) is 1.59. The SMILES string of the molecule is CCN(CC)CCCNSC. The second-order valence-electron chi connectivity index (χ2n) is 2.48. The van der Waals surface area contributed by atoms with Crippen LogP contribution in [0.3, 0.4) is 0 Å². The van der Waals surface area contributed by atoms with Crippen molar-refractivity contribution in [3.05, 3.63) is 0 Å². The summed E-state index contributed by atoms with van der Waals surface area (Å²) in [6.45, 7) is 9.13. The standard InChI is InChI=1S/C8H20N2S/c1-4-10(5-2)8-6-7-9-11-3/h9H,4-8H2,1-3H3. The minimum atomic E-state index is 1.12. The molecule has 0 amide bonds. The van der Waals surface area contributed by atoms with E-state index in [0.717, 1.165) is 6.54 Å². The maximum atomic E-state index is 3.24. The summed E-state index contributed by atoms with van der Waals surface area (Å²) in [5, 5.41) is 0. The molecule has 0 heterocycles. The van der Waals surface area contributed by atoms with E-state index in [1.54, 1.807) is 11.9 Å². The molecular formula is C8H20N2S. The zero-order valence-electron chi connectivity index (χ0n) is 7.89. The molecule has 11 heavy (non-hydrogen) atoms. The molecule has 0 rings (SSSR count). The largest absolute Gasteiger partial charge is 0.304 e. The Morgan fingerprint density at radius 3 is 2.36 bits per heavy atom. The summed E-state index contributed by atoms with van der Waals surface area (Å²) in [5.74, 6) is 0. The van der Waals surface area contributed by atoms with Crippen LogP contribution in [0.1, 0.15) is 20.3 Å². The van der Waals surface area contributed by atoms with Crippen molar-refractivity contribution in [2.75, 3.05) is 32.4 Å². The molecule has 68 valence electrons. The van der Waals surface area contributed by atoms with E-state index in [4.69, 9.17) is 0 Å². The van der Waals surface area contributed by atoms with Gasteiger partial charge in [0.05, 0.1) is 0 Å². The van der Waals surface area contributed by atoms with Gasteiger partial charge in [0.2, 0.25) is 0 Å². The molecule has 0 aromatic carbocycles. The quantitative estimate of drug-likeness (QED) is 0.468. The first kappa shape index (κ1) is 11.3. The third-order valence-electron chi connectivity index (χ3n) is 1.79. The summed E-state index contributed by atoms with van der Waals surface area (Å²) >= 11 is 1.70. The van der Waals surface area contributed by atoms with E-state index in [9.17, 15) is 0 Å². The molecule has 0 aromatic rings. The first-order valence-corrected chi connectivity index (χ1v) is 5.55. The number of hydrogen-bond donors (Lipinski definition) is 1. The highest BCUT2D eigenvalue weighted by molar-refractivity contribution is 7.96. The highest BCUT2D eigenvalue weighted by atomic mass is 32.2. The van der Waals surface area contributed by atoms with Gasteiger partial charge in [0.25, 0.3) is 0 Å². The Morgan fingerprint density at radius 2 is 1.91 bits per heavy atom. The smallest absolute Gasteiger partial charge is 0.00705 e. The zero-order valence-corrected chi connectivity index (χ0v) is 8.71. The normalized spacial score (nSPS) is 10.9. The van der Waals surface area contributed by atoms with Gasteiger partial charge in [-0.1, -0.05) is 25.8 Å². The van der Waals surface area contributed by atoms with Crippen molar-refractivity contribution in [1.82, 2.24) is 9.62 Å². The van der Waals surface area contributed by atoms with Gasteiger partial charge >= 0.3 is 0 Å². The van der Waals surface area contributed by atoms with Gasteiger partial charge in [-0.15, -0.1) is 0 Å². The summed E-state index contributed by atoms with van der Waals surface area (Å²) in [7, 11) is 0. The van der Waals surface area contributed by atoms with Crippen molar-refractivity contribution in [1.29, 1.82) is 0 Å².